The summed E-state index contributed by atoms with van der Waals surface area (Å²) in [6.07, 6.45) is 0.823. The van der Waals surface area contributed by atoms with Crippen LogP contribution in [0.4, 0.5) is 0 Å². The van der Waals surface area contributed by atoms with Crippen LogP contribution >= 0.6 is 11.3 Å². The minimum Gasteiger partial charge on any atom is -0.383 e. The van der Waals surface area contributed by atoms with Crippen LogP contribution in [0.3, 0.4) is 0 Å². The quantitative estimate of drug-likeness (QED) is 0.465. The number of hydrogen-bond donors (Lipinski definition) is 2. The lowest BCUT2D eigenvalue weighted by Gasteiger charge is -2.04. The number of nitrogens with zero attached hydrogens (tertiary/aromatic N) is 2. The molecule has 0 atom stereocenters. The predicted octanol–water partition coefficient (Wildman–Crippen LogP) is 1.90. The molecule has 0 unspecified atom stereocenters. The second-order valence-corrected chi connectivity index (χ2v) is 5.30. The molecule has 1 heterocycles. The number of methoxy groups -OCH3 is 1. The highest BCUT2D eigenvalue weighted by atomic mass is 32.1. The van der Waals surface area contributed by atoms with Crippen LogP contribution in [0.15, 0.2) is 40.7 Å². The highest BCUT2D eigenvalue weighted by Crippen LogP contribution is 2.23. The molecule has 1 aromatic heterocycles. The maximum absolute atomic E-state index is 5.74. The van der Waals surface area contributed by atoms with Crippen LogP contribution in [0.2, 0.25) is 0 Å². The summed E-state index contributed by atoms with van der Waals surface area (Å²) in [5.74, 6) is 0.450. The van der Waals surface area contributed by atoms with Crippen LogP contribution in [-0.2, 0) is 11.2 Å². The second kappa shape index (κ2) is 8.39. The molecule has 2 aromatic rings. The lowest BCUT2D eigenvalue weighted by atomic mass is 10.2. The normalized spacial score (nSPS) is 11.6. The van der Waals surface area contributed by atoms with Gasteiger partial charge in [-0.3, -0.25) is 4.99 Å². The molecular weight excluding hydrogens is 284 g/mol. The highest BCUT2D eigenvalue weighted by Gasteiger charge is 2.04. The van der Waals surface area contributed by atoms with Crippen LogP contribution in [0.1, 0.15) is 5.69 Å². The van der Waals surface area contributed by atoms with Gasteiger partial charge in [0.25, 0.3) is 0 Å². The Bertz CT molecular complexity index is 568. The average molecular weight is 304 g/mol. The van der Waals surface area contributed by atoms with Crippen LogP contribution in [0, 0.1) is 0 Å². The smallest absolute Gasteiger partial charge is 0.188 e. The van der Waals surface area contributed by atoms with Gasteiger partial charge in [-0.05, 0) is 0 Å². The molecule has 0 radical (unpaired) electrons. The topological polar surface area (TPSA) is 72.5 Å². The summed E-state index contributed by atoms with van der Waals surface area (Å²) in [6, 6.07) is 10.2. The predicted molar refractivity (Wildman–Crippen MR) is 87.6 cm³/mol. The molecule has 2 rings (SSSR count). The van der Waals surface area contributed by atoms with Gasteiger partial charge in [-0.25, -0.2) is 4.98 Å². The maximum Gasteiger partial charge on any atom is 0.188 e. The molecule has 3 N–H and O–H groups in total. The molecule has 0 aliphatic carbocycles. The van der Waals surface area contributed by atoms with E-state index in [1.165, 1.54) is 0 Å². The number of benzene rings is 1. The Morgan fingerprint density at radius 3 is 2.95 bits per heavy atom. The van der Waals surface area contributed by atoms with Gasteiger partial charge in [-0.15, -0.1) is 11.3 Å². The SMILES string of the molecule is COCCN=C(N)NCCc1csc(-c2ccccc2)n1. The zero-order valence-electron chi connectivity index (χ0n) is 12.1. The lowest BCUT2D eigenvalue weighted by Crippen LogP contribution is -2.33. The van der Waals surface area contributed by atoms with E-state index < -0.39 is 0 Å². The number of nitrogens with two attached hydrogens (primary N) is 1. The number of aliphatic imine (C=N–C) groups is 1. The molecule has 0 amide bonds. The molecule has 0 saturated heterocycles. The highest BCUT2D eigenvalue weighted by molar-refractivity contribution is 7.13. The number of aromatic nitrogens is 1. The molecule has 0 bridgehead atoms. The van der Waals surface area contributed by atoms with Gasteiger partial charge < -0.3 is 15.8 Å². The van der Waals surface area contributed by atoms with Gasteiger partial charge in [0.05, 0.1) is 18.8 Å². The monoisotopic (exact) mass is 304 g/mol. The fourth-order valence-corrected chi connectivity index (χ4v) is 2.63. The fraction of sp³-hybridized carbons (Fsp3) is 0.333. The molecule has 0 spiro atoms. The van der Waals surface area contributed by atoms with E-state index in [9.17, 15) is 0 Å². The largest absolute Gasteiger partial charge is 0.383 e. The van der Waals surface area contributed by atoms with Gasteiger partial charge in [0.15, 0.2) is 5.96 Å². The molecule has 0 aliphatic rings. The minimum absolute atomic E-state index is 0.450. The van der Waals surface area contributed by atoms with E-state index in [-0.39, 0.29) is 0 Å². The Hall–Kier alpha value is -1.92. The molecular formula is C15H20N4OS. The van der Waals surface area contributed by atoms with E-state index in [0.29, 0.717) is 19.1 Å². The number of guanidine groups is 1. The Balaban J connectivity index is 1.80. The maximum atomic E-state index is 5.74. The summed E-state index contributed by atoms with van der Waals surface area (Å²) < 4.78 is 4.91. The molecule has 0 saturated carbocycles. The van der Waals surface area contributed by atoms with Crippen molar-refractivity contribution in [3.8, 4) is 10.6 Å². The van der Waals surface area contributed by atoms with Gasteiger partial charge in [-0.2, -0.15) is 0 Å². The molecule has 6 heteroatoms. The Kier molecular flexibility index (Phi) is 6.18. The van der Waals surface area contributed by atoms with E-state index in [0.717, 1.165) is 29.2 Å². The van der Waals surface area contributed by atoms with Crippen LogP contribution in [0.25, 0.3) is 10.6 Å². The number of rotatable bonds is 7. The first kappa shape index (κ1) is 15.5. The third kappa shape index (κ3) is 5.17. The zero-order valence-corrected chi connectivity index (χ0v) is 12.9. The summed E-state index contributed by atoms with van der Waals surface area (Å²) in [6.45, 7) is 1.87. The van der Waals surface area contributed by atoms with Crippen molar-refractivity contribution < 1.29 is 4.74 Å². The zero-order chi connectivity index (χ0) is 14.9. The van der Waals surface area contributed by atoms with Gasteiger partial charge >= 0.3 is 0 Å². The van der Waals surface area contributed by atoms with Crippen molar-refractivity contribution in [2.24, 2.45) is 10.7 Å². The summed E-state index contributed by atoms with van der Waals surface area (Å²) in [5, 5.41) is 6.21. The minimum atomic E-state index is 0.450. The molecule has 21 heavy (non-hydrogen) atoms. The Morgan fingerprint density at radius 2 is 2.19 bits per heavy atom. The molecule has 1 aromatic carbocycles. The van der Waals surface area contributed by atoms with E-state index in [1.54, 1.807) is 18.4 Å². The van der Waals surface area contributed by atoms with E-state index in [4.69, 9.17) is 10.5 Å². The van der Waals surface area contributed by atoms with Crippen molar-refractivity contribution in [3.05, 3.63) is 41.4 Å². The van der Waals surface area contributed by atoms with Crippen molar-refractivity contribution in [2.75, 3.05) is 26.8 Å². The van der Waals surface area contributed by atoms with Crippen LogP contribution in [-0.4, -0.2) is 37.7 Å². The Morgan fingerprint density at radius 1 is 1.38 bits per heavy atom. The molecule has 112 valence electrons. The van der Waals surface area contributed by atoms with Crippen molar-refractivity contribution in [1.82, 2.24) is 10.3 Å². The standard InChI is InChI=1S/C15H20N4OS/c1-20-10-9-18-15(16)17-8-7-13-11-21-14(19-13)12-5-3-2-4-6-12/h2-6,11H,7-10H2,1H3,(H3,16,17,18). The van der Waals surface area contributed by atoms with E-state index in [1.807, 2.05) is 18.2 Å². The number of nitrogens with one attached hydrogen (secondary N) is 1. The summed E-state index contributed by atoms with van der Waals surface area (Å²) in [7, 11) is 1.64. The van der Waals surface area contributed by atoms with Crippen molar-refractivity contribution >= 4 is 17.3 Å². The fourth-order valence-electron chi connectivity index (χ4n) is 1.77. The lowest BCUT2D eigenvalue weighted by molar-refractivity contribution is 0.208. The molecule has 0 fully saturated rings. The van der Waals surface area contributed by atoms with Crippen molar-refractivity contribution in [3.63, 3.8) is 0 Å². The van der Waals surface area contributed by atoms with Crippen LogP contribution < -0.4 is 11.1 Å². The third-order valence-electron chi connectivity index (χ3n) is 2.84. The number of hydrogen-bond acceptors (Lipinski definition) is 4. The first-order valence-electron chi connectivity index (χ1n) is 6.82. The average Bonchev–Trinajstić information content (AvgIpc) is 2.97. The van der Waals surface area contributed by atoms with Gasteiger partial charge in [-0.1, -0.05) is 30.3 Å². The summed E-state index contributed by atoms with van der Waals surface area (Å²) >= 11 is 1.66. The number of thiazole rings is 1. The van der Waals surface area contributed by atoms with E-state index in [2.05, 4.69) is 32.8 Å². The molecule has 0 aliphatic heterocycles. The Labute approximate surface area is 128 Å². The number of ether oxygens (including phenoxy) is 1. The molecule has 5 nitrogen and oxygen atoms in total. The third-order valence-corrected chi connectivity index (χ3v) is 3.78. The first-order valence-corrected chi connectivity index (χ1v) is 7.70. The van der Waals surface area contributed by atoms with Crippen molar-refractivity contribution in [1.29, 1.82) is 0 Å². The van der Waals surface area contributed by atoms with Gasteiger partial charge in [0, 0.05) is 31.0 Å². The summed E-state index contributed by atoms with van der Waals surface area (Å²) in [5.41, 5.74) is 7.96. The van der Waals surface area contributed by atoms with Gasteiger partial charge in [0.2, 0.25) is 0 Å². The first-order chi connectivity index (χ1) is 10.3. The second-order valence-electron chi connectivity index (χ2n) is 4.45. The summed E-state index contributed by atoms with van der Waals surface area (Å²) in [4.78, 5) is 8.77. The van der Waals surface area contributed by atoms with E-state index >= 15 is 0 Å². The van der Waals surface area contributed by atoms with Crippen molar-refractivity contribution in [2.45, 2.75) is 6.42 Å². The van der Waals surface area contributed by atoms with Crippen LogP contribution in [0.5, 0.6) is 0 Å². The van der Waals surface area contributed by atoms with Gasteiger partial charge in [0.1, 0.15) is 5.01 Å².